The molecule has 3 aromatic heterocycles. The number of halogens is 1. The molecule has 1 aromatic carbocycles. The molecule has 0 saturated heterocycles. The zero-order valence-corrected chi connectivity index (χ0v) is 16.1. The van der Waals surface area contributed by atoms with Crippen LogP contribution in [0.3, 0.4) is 0 Å². The van der Waals surface area contributed by atoms with Crippen LogP contribution in [0.15, 0.2) is 48.7 Å². The Labute approximate surface area is 171 Å². The number of nitrogen functional groups attached to an aromatic ring is 1. The quantitative estimate of drug-likeness (QED) is 0.547. The maximum atomic E-state index is 13.8. The van der Waals surface area contributed by atoms with Crippen LogP contribution in [0.25, 0.3) is 22.6 Å². The van der Waals surface area contributed by atoms with Crippen molar-refractivity contribution in [3.63, 3.8) is 0 Å². The van der Waals surface area contributed by atoms with Crippen LogP contribution in [0.2, 0.25) is 0 Å². The number of pyridine rings is 1. The van der Waals surface area contributed by atoms with Crippen LogP contribution in [0.1, 0.15) is 23.9 Å². The van der Waals surface area contributed by atoms with E-state index in [0.29, 0.717) is 29.2 Å². The Balaban J connectivity index is 1.65. The fourth-order valence-electron chi connectivity index (χ4n) is 3.02. The lowest BCUT2D eigenvalue weighted by molar-refractivity contribution is 0.628. The Hall–Kier alpha value is -4.19. The molecule has 0 radical (unpaired) electrons. The minimum Gasteiger partial charge on any atom is -0.368 e. The summed E-state index contributed by atoms with van der Waals surface area (Å²) in [5.74, 6) is -0.521. The first-order chi connectivity index (χ1) is 14.5. The van der Waals surface area contributed by atoms with Gasteiger partial charge in [-0.2, -0.15) is 5.26 Å². The highest BCUT2D eigenvalue weighted by atomic mass is 19.1. The third kappa shape index (κ3) is 4.12. The summed E-state index contributed by atoms with van der Waals surface area (Å²) in [4.78, 5) is 12.9. The Morgan fingerprint density at radius 1 is 1.03 bits per heavy atom. The van der Waals surface area contributed by atoms with Gasteiger partial charge in [0.2, 0.25) is 5.95 Å². The van der Waals surface area contributed by atoms with Crippen LogP contribution < -0.4 is 5.73 Å². The molecule has 3 heterocycles. The number of hydrogen-bond acceptors (Lipinski definition) is 7. The zero-order chi connectivity index (χ0) is 21.1. The molecule has 4 rings (SSSR count). The van der Waals surface area contributed by atoms with Gasteiger partial charge in [0.05, 0.1) is 41.5 Å². The van der Waals surface area contributed by atoms with Crippen LogP contribution >= 0.6 is 0 Å². The van der Waals surface area contributed by atoms with Crippen molar-refractivity contribution in [3.8, 4) is 28.7 Å². The normalized spacial score (nSPS) is 10.7. The third-order valence-electron chi connectivity index (χ3n) is 4.42. The average Bonchev–Trinajstić information content (AvgIpc) is 3.21. The van der Waals surface area contributed by atoms with Crippen molar-refractivity contribution in [1.29, 1.82) is 5.26 Å². The number of rotatable bonds is 5. The number of aromatic nitrogens is 6. The molecule has 0 aliphatic rings. The summed E-state index contributed by atoms with van der Waals surface area (Å²) in [6.07, 6.45) is 2.59. The lowest BCUT2D eigenvalue weighted by Gasteiger charge is -2.05. The molecule has 9 heteroatoms. The smallest absolute Gasteiger partial charge is 0.221 e. The van der Waals surface area contributed by atoms with Crippen molar-refractivity contribution in [3.05, 3.63) is 71.4 Å². The van der Waals surface area contributed by atoms with E-state index in [1.165, 1.54) is 12.1 Å². The molecule has 0 saturated carbocycles. The minimum atomic E-state index is -0.532. The Kier molecular flexibility index (Phi) is 5.13. The van der Waals surface area contributed by atoms with Crippen LogP contribution in [0.5, 0.6) is 0 Å². The summed E-state index contributed by atoms with van der Waals surface area (Å²) in [7, 11) is 0. The maximum absolute atomic E-state index is 13.8. The summed E-state index contributed by atoms with van der Waals surface area (Å²) in [6.45, 7) is 2.51. The van der Waals surface area contributed by atoms with Gasteiger partial charge in [0.1, 0.15) is 11.5 Å². The zero-order valence-electron chi connectivity index (χ0n) is 16.1. The van der Waals surface area contributed by atoms with E-state index < -0.39 is 5.82 Å². The number of nitriles is 1. The van der Waals surface area contributed by atoms with Gasteiger partial charge in [-0.15, -0.1) is 5.10 Å². The highest BCUT2D eigenvalue weighted by Gasteiger charge is 2.12. The first-order valence-corrected chi connectivity index (χ1v) is 9.25. The predicted octanol–water partition coefficient (Wildman–Crippen LogP) is 3.00. The molecule has 0 fully saturated rings. The van der Waals surface area contributed by atoms with Gasteiger partial charge in [0, 0.05) is 11.3 Å². The SMILES string of the molecule is CCc1cccc(Cn2cc(-c3cc(-c4cc(F)cc(C#N)c4)nc(N)n3)nn2)n1. The van der Waals surface area contributed by atoms with Gasteiger partial charge in [0.15, 0.2) is 0 Å². The van der Waals surface area contributed by atoms with E-state index in [0.717, 1.165) is 23.9 Å². The van der Waals surface area contributed by atoms with E-state index in [4.69, 9.17) is 11.0 Å². The van der Waals surface area contributed by atoms with E-state index in [-0.39, 0.29) is 11.5 Å². The molecule has 0 amide bonds. The van der Waals surface area contributed by atoms with E-state index in [1.807, 2.05) is 24.3 Å². The fraction of sp³-hybridized carbons (Fsp3) is 0.143. The molecule has 0 aliphatic heterocycles. The van der Waals surface area contributed by atoms with Gasteiger partial charge < -0.3 is 5.73 Å². The van der Waals surface area contributed by atoms with Gasteiger partial charge in [0.25, 0.3) is 0 Å². The first kappa shape index (κ1) is 19.1. The van der Waals surface area contributed by atoms with Crippen LogP contribution in [0.4, 0.5) is 10.3 Å². The Morgan fingerprint density at radius 2 is 1.83 bits per heavy atom. The standard InChI is InChI=1S/C21H17FN8/c1-2-16-4-3-5-17(25-16)11-30-12-20(28-29-30)19-9-18(26-21(24)27-19)14-6-13(10-23)7-15(22)8-14/h3-9,12H,2,11H2,1H3,(H2,24,26,27). The second kappa shape index (κ2) is 8.05. The second-order valence-corrected chi connectivity index (χ2v) is 6.61. The molecular weight excluding hydrogens is 383 g/mol. The van der Waals surface area contributed by atoms with Crippen molar-refractivity contribution in [1.82, 2.24) is 29.9 Å². The molecule has 0 aliphatic carbocycles. The summed E-state index contributed by atoms with van der Waals surface area (Å²) in [5, 5.41) is 17.4. The monoisotopic (exact) mass is 400 g/mol. The van der Waals surface area contributed by atoms with Crippen molar-refractivity contribution >= 4 is 5.95 Å². The van der Waals surface area contributed by atoms with Gasteiger partial charge in [-0.1, -0.05) is 18.2 Å². The molecule has 30 heavy (non-hydrogen) atoms. The third-order valence-corrected chi connectivity index (χ3v) is 4.42. The van der Waals surface area contributed by atoms with E-state index >= 15 is 0 Å². The molecule has 0 bridgehead atoms. The van der Waals surface area contributed by atoms with Gasteiger partial charge in [-0.25, -0.2) is 19.0 Å². The van der Waals surface area contributed by atoms with E-state index in [2.05, 4.69) is 32.2 Å². The molecule has 0 spiro atoms. The number of anilines is 1. The minimum absolute atomic E-state index is 0.0112. The lowest BCUT2D eigenvalue weighted by Crippen LogP contribution is -2.03. The lowest BCUT2D eigenvalue weighted by atomic mass is 10.1. The molecule has 8 nitrogen and oxygen atoms in total. The van der Waals surface area contributed by atoms with Gasteiger partial charge in [-0.3, -0.25) is 4.98 Å². The molecular formula is C21H17FN8. The Bertz CT molecular complexity index is 1260. The van der Waals surface area contributed by atoms with Crippen molar-refractivity contribution in [2.24, 2.45) is 0 Å². The van der Waals surface area contributed by atoms with Gasteiger partial charge >= 0.3 is 0 Å². The second-order valence-electron chi connectivity index (χ2n) is 6.61. The highest BCUT2D eigenvalue weighted by Crippen LogP contribution is 2.25. The van der Waals surface area contributed by atoms with Gasteiger partial charge in [-0.05, 0) is 42.8 Å². The summed E-state index contributed by atoms with van der Waals surface area (Å²) >= 11 is 0. The molecule has 0 atom stereocenters. The summed E-state index contributed by atoms with van der Waals surface area (Å²) < 4.78 is 15.5. The van der Waals surface area contributed by atoms with Crippen LogP contribution in [0, 0.1) is 17.1 Å². The molecule has 148 valence electrons. The largest absolute Gasteiger partial charge is 0.368 e. The molecule has 4 aromatic rings. The topological polar surface area (TPSA) is 119 Å². The number of aryl methyl sites for hydroxylation is 1. The summed E-state index contributed by atoms with van der Waals surface area (Å²) in [5.41, 5.74) is 9.69. The summed E-state index contributed by atoms with van der Waals surface area (Å²) in [6, 6.07) is 13.4. The number of nitrogens with zero attached hydrogens (tertiary/aromatic N) is 7. The van der Waals surface area contributed by atoms with Crippen molar-refractivity contribution < 1.29 is 4.39 Å². The highest BCUT2D eigenvalue weighted by molar-refractivity contribution is 5.68. The number of nitrogens with two attached hydrogens (primary N) is 1. The maximum Gasteiger partial charge on any atom is 0.221 e. The van der Waals surface area contributed by atoms with E-state index in [9.17, 15) is 4.39 Å². The van der Waals surface area contributed by atoms with Crippen LogP contribution in [-0.4, -0.2) is 29.9 Å². The van der Waals surface area contributed by atoms with Crippen LogP contribution in [-0.2, 0) is 13.0 Å². The van der Waals surface area contributed by atoms with E-state index in [1.54, 1.807) is 16.9 Å². The Morgan fingerprint density at radius 3 is 2.63 bits per heavy atom. The molecule has 0 unspecified atom stereocenters. The average molecular weight is 400 g/mol. The fourth-order valence-corrected chi connectivity index (χ4v) is 3.02. The predicted molar refractivity (Wildman–Crippen MR) is 108 cm³/mol. The molecule has 2 N–H and O–H groups in total. The first-order valence-electron chi connectivity index (χ1n) is 9.25. The van der Waals surface area contributed by atoms with Crippen molar-refractivity contribution in [2.75, 3.05) is 5.73 Å². The van der Waals surface area contributed by atoms with Crippen molar-refractivity contribution in [2.45, 2.75) is 19.9 Å². The number of hydrogen-bond donors (Lipinski definition) is 1. The number of benzene rings is 1.